The second kappa shape index (κ2) is 10.9. The van der Waals surface area contributed by atoms with Crippen molar-refractivity contribution in [3.63, 3.8) is 0 Å². The second-order valence-corrected chi connectivity index (χ2v) is 7.14. The highest BCUT2D eigenvalue weighted by molar-refractivity contribution is 5.43. The summed E-state index contributed by atoms with van der Waals surface area (Å²) in [6.45, 7) is 1.55. The van der Waals surface area contributed by atoms with E-state index in [1.807, 2.05) is 24.3 Å². The Hall–Kier alpha value is -2.44. The van der Waals surface area contributed by atoms with E-state index in [4.69, 9.17) is 23.7 Å². The quantitative estimate of drug-likeness (QED) is 0.567. The molecule has 0 unspecified atom stereocenters. The van der Waals surface area contributed by atoms with Crippen LogP contribution < -0.4 is 24.3 Å². The lowest BCUT2D eigenvalue weighted by molar-refractivity contribution is 0.0503. The molecule has 6 nitrogen and oxygen atoms in total. The van der Waals surface area contributed by atoms with Gasteiger partial charge in [0, 0.05) is 25.8 Å². The first-order valence-electron chi connectivity index (χ1n) is 10.1. The molecule has 2 aromatic rings. The third-order valence-corrected chi connectivity index (χ3v) is 5.07. The van der Waals surface area contributed by atoms with Crippen LogP contribution in [0.1, 0.15) is 36.8 Å². The minimum Gasteiger partial charge on any atom is -0.497 e. The van der Waals surface area contributed by atoms with E-state index in [0.29, 0.717) is 19.2 Å². The number of nitrogens with one attached hydrogen (secondary N) is 1. The largest absolute Gasteiger partial charge is 0.497 e. The van der Waals surface area contributed by atoms with Gasteiger partial charge in [0.15, 0.2) is 18.3 Å². The van der Waals surface area contributed by atoms with Gasteiger partial charge < -0.3 is 29.0 Å². The summed E-state index contributed by atoms with van der Waals surface area (Å²) >= 11 is 0. The lowest BCUT2D eigenvalue weighted by Gasteiger charge is -2.17. The average Bonchev–Trinajstić information content (AvgIpc) is 3.26. The fourth-order valence-corrected chi connectivity index (χ4v) is 3.53. The molecular weight excluding hydrogens is 370 g/mol. The smallest absolute Gasteiger partial charge is 0.188 e. The number of rotatable bonds is 11. The van der Waals surface area contributed by atoms with Crippen molar-refractivity contribution >= 4 is 0 Å². The van der Waals surface area contributed by atoms with E-state index in [1.165, 1.54) is 12.8 Å². The molecule has 6 heteroatoms. The van der Waals surface area contributed by atoms with Crippen molar-refractivity contribution < 1.29 is 23.7 Å². The summed E-state index contributed by atoms with van der Waals surface area (Å²) in [5.41, 5.74) is 2.15. The van der Waals surface area contributed by atoms with Crippen LogP contribution in [0.25, 0.3) is 0 Å². The molecule has 0 spiro atoms. The first kappa shape index (κ1) is 21.3. The molecule has 0 aliphatic heterocycles. The van der Waals surface area contributed by atoms with Crippen LogP contribution in [0.4, 0.5) is 0 Å². The van der Waals surface area contributed by atoms with E-state index in [9.17, 15) is 0 Å². The van der Waals surface area contributed by atoms with Gasteiger partial charge in [0.05, 0.1) is 20.3 Å². The maximum Gasteiger partial charge on any atom is 0.188 e. The summed E-state index contributed by atoms with van der Waals surface area (Å²) in [6.07, 6.45) is 5.01. The SMILES string of the molecule is COCOc1ccc(OC)cc1CNCc1ccc(OC)c(OC2CCCC2)c1. The van der Waals surface area contributed by atoms with Crippen LogP contribution in [0.2, 0.25) is 0 Å². The van der Waals surface area contributed by atoms with Gasteiger partial charge in [0.2, 0.25) is 0 Å². The summed E-state index contributed by atoms with van der Waals surface area (Å²) in [5, 5.41) is 3.47. The number of ether oxygens (including phenoxy) is 5. The number of benzene rings is 2. The Balaban J connectivity index is 1.63. The molecule has 0 saturated heterocycles. The van der Waals surface area contributed by atoms with E-state index in [2.05, 4.69) is 17.4 Å². The van der Waals surface area contributed by atoms with Crippen LogP contribution in [0.3, 0.4) is 0 Å². The van der Waals surface area contributed by atoms with Crippen LogP contribution in [0, 0.1) is 0 Å². The highest BCUT2D eigenvalue weighted by atomic mass is 16.7. The molecule has 0 atom stereocenters. The number of hydrogen-bond acceptors (Lipinski definition) is 6. The topological polar surface area (TPSA) is 58.2 Å². The standard InChI is InChI=1S/C23H31NO5/c1-25-16-28-21-11-9-20(26-2)13-18(21)15-24-14-17-8-10-22(27-3)23(12-17)29-19-6-4-5-7-19/h8-13,19,24H,4-7,14-16H2,1-3H3. The van der Waals surface area contributed by atoms with Crippen molar-refractivity contribution in [2.24, 2.45) is 0 Å². The van der Waals surface area contributed by atoms with Crippen LogP contribution >= 0.6 is 0 Å². The Bertz CT molecular complexity index is 774. The summed E-state index contributed by atoms with van der Waals surface area (Å²) in [7, 11) is 4.95. The molecular formula is C23H31NO5. The van der Waals surface area contributed by atoms with Crippen LogP contribution in [0.5, 0.6) is 23.0 Å². The predicted octanol–water partition coefficient (Wildman–Crippen LogP) is 4.30. The van der Waals surface area contributed by atoms with Gasteiger partial charge in [-0.2, -0.15) is 0 Å². The summed E-state index contributed by atoms with van der Waals surface area (Å²) < 4.78 is 27.7. The minimum atomic E-state index is 0.208. The van der Waals surface area contributed by atoms with E-state index in [1.54, 1.807) is 21.3 Å². The molecule has 1 fully saturated rings. The molecule has 1 aliphatic rings. The summed E-state index contributed by atoms with van der Waals surface area (Å²) in [4.78, 5) is 0. The lowest BCUT2D eigenvalue weighted by atomic mass is 10.1. The molecule has 0 heterocycles. The van der Waals surface area contributed by atoms with Gasteiger partial charge in [-0.05, 0) is 61.6 Å². The Morgan fingerprint density at radius 2 is 1.66 bits per heavy atom. The van der Waals surface area contributed by atoms with Crippen molar-refractivity contribution in [2.75, 3.05) is 28.1 Å². The highest BCUT2D eigenvalue weighted by Gasteiger charge is 2.18. The zero-order valence-corrected chi connectivity index (χ0v) is 17.5. The molecule has 0 amide bonds. The molecule has 2 aromatic carbocycles. The van der Waals surface area contributed by atoms with E-state index < -0.39 is 0 Å². The van der Waals surface area contributed by atoms with Crippen molar-refractivity contribution in [3.8, 4) is 23.0 Å². The van der Waals surface area contributed by atoms with Gasteiger partial charge in [-0.15, -0.1) is 0 Å². The summed E-state index contributed by atoms with van der Waals surface area (Å²) in [5.74, 6) is 3.18. The number of methoxy groups -OCH3 is 3. The molecule has 1 N–H and O–H groups in total. The van der Waals surface area contributed by atoms with Crippen molar-refractivity contribution in [1.29, 1.82) is 0 Å². The van der Waals surface area contributed by atoms with Crippen molar-refractivity contribution in [1.82, 2.24) is 5.32 Å². The monoisotopic (exact) mass is 401 g/mol. The van der Waals surface area contributed by atoms with E-state index in [-0.39, 0.29) is 6.79 Å². The second-order valence-electron chi connectivity index (χ2n) is 7.14. The highest BCUT2D eigenvalue weighted by Crippen LogP contribution is 2.32. The molecule has 29 heavy (non-hydrogen) atoms. The van der Waals surface area contributed by atoms with Crippen LogP contribution in [0.15, 0.2) is 36.4 Å². The van der Waals surface area contributed by atoms with Gasteiger partial charge in [-0.1, -0.05) is 6.07 Å². The van der Waals surface area contributed by atoms with Gasteiger partial charge in [-0.3, -0.25) is 0 Å². The minimum absolute atomic E-state index is 0.208. The third-order valence-electron chi connectivity index (χ3n) is 5.07. The maximum absolute atomic E-state index is 6.19. The Labute approximate surface area is 173 Å². The van der Waals surface area contributed by atoms with Gasteiger partial charge in [0.1, 0.15) is 11.5 Å². The van der Waals surface area contributed by atoms with Crippen molar-refractivity contribution in [3.05, 3.63) is 47.5 Å². The van der Waals surface area contributed by atoms with E-state index >= 15 is 0 Å². The average molecular weight is 402 g/mol. The van der Waals surface area contributed by atoms with Gasteiger partial charge >= 0.3 is 0 Å². The first-order valence-corrected chi connectivity index (χ1v) is 10.1. The van der Waals surface area contributed by atoms with Crippen molar-refractivity contribution in [2.45, 2.75) is 44.9 Å². The molecule has 0 radical (unpaired) electrons. The lowest BCUT2D eigenvalue weighted by Crippen LogP contribution is -2.15. The van der Waals surface area contributed by atoms with Gasteiger partial charge in [0.25, 0.3) is 0 Å². The molecule has 3 rings (SSSR count). The molecule has 158 valence electrons. The Morgan fingerprint density at radius 1 is 0.862 bits per heavy atom. The molecule has 1 saturated carbocycles. The Kier molecular flexibility index (Phi) is 8.02. The van der Waals surface area contributed by atoms with Crippen LogP contribution in [-0.2, 0) is 17.8 Å². The molecule has 0 bridgehead atoms. The molecule has 0 aromatic heterocycles. The maximum atomic E-state index is 6.19. The normalized spacial score (nSPS) is 14.0. The first-order chi connectivity index (χ1) is 14.2. The van der Waals surface area contributed by atoms with E-state index in [0.717, 1.165) is 47.0 Å². The third kappa shape index (κ3) is 6.02. The molecule has 1 aliphatic carbocycles. The fraction of sp³-hybridized carbons (Fsp3) is 0.478. The predicted molar refractivity (Wildman–Crippen MR) is 112 cm³/mol. The fourth-order valence-electron chi connectivity index (χ4n) is 3.53. The summed E-state index contributed by atoms with van der Waals surface area (Å²) in [6, 6.07) is 11.8. The number of hydrogen-bond donors (Lipinski definition) is 1. The van der Waals surface area contributed by atoms with Crippen LogP contribution in [-0.4, -0.2) is 34.2 Å². The van der Waals surface area contributed by atoms with Gasteiger partial charge in [-0.25, -0.2) is 0 Å². The zero-order chi connectivity index (χ0) is 20.5. The Morgan fingerprint density at radius 3 is 2.38 bits per heavy atom. The zero-order valence-electron chi connectivity index (χ0n) is 17.5.